The lowest BCUT2D eigenvalue weighted by molar-refractivity contribution is -0.384. The van der Waals surface area contributed by atoms with E-state index in [0.29, 0.717) is 5.92 Å². The van der Waals surface area contributed by atoms with Crippen LogP contribution in [0.25, 0.3) is 0 Å². The fraction of sp³-hybridized carbons (Fsp3) is 0.538. The predicted octanol–water partition coefficient (Wildman–Crippen LogP) is 2.06. The van der Waals surface area contributed by atoms with E-state index < -0.39 is 14.9 Å². The first kappa shape index (κ1) is 15.7. The summed E-state index contributed by atoms with van der Waals surface area (Å²) in [5.74, 6) is 0.386. The van der Waals surface area contributed by atoms with Gasteiger partial charge in [0.05, 0.1) is 9.82 Å². The maximum absolute atomic E-state index is 12.6. The second kappa shape index (κ2) is 5.61. The van der Waals surface area contributed by atoms with Crippen LogP contribution >= 0.6 is 0 Å². The van der Waals surface area contributed by atoms with Crippen molar-refractivity contribution in [2.75, 3.05) is 19.4 Å². The lowest BCUT2D eigenvalue weighted by Crippen LogP contribution is -2.36. The molecule has 0 spiro atoms. The molecule has 1 atom stereocenters. The molecule has 0 radical (unpaired) electrons. The Morgan fingerprint density at radius 3 is 2.52 bits per heavy atom. The Bertz CT molecular complexity index is 655. The van der Waals surface area contributed by atoms with Crippen molar-refractivity contribution in [1.82, 2.24) is 4.31 Å². The number of benzene rings is 1. The molecule has 1 saturated carbocycles. The minimum atomic E-state index is -3.72. The summed E-state index contributed by atoms with van der Waals surface area (Å²) in [4.78, 5) is 10.4. The molecule has 21 heavy (non-hydrogen) atoms. The van der Waals surface area contributed by atoms with Crippen LogP contribution in [0.2, 0.25) is 0 Å². The molecule has 0 heterocycles. The van der Waals surface area contributed by atoms with Crippen LogP contribution in [0.15, 0.2) is 23.1 Å². The van der Waals surface area contributed by atoms with E-state index in [4.69, 9.17) is 0 Å². The van der Waals surface area contributed by atoms with Crippen molar-refractivity contribution in [3.8, 4) is 0 Å². The van der Waals surface area contributed by atoms with Crippen molar-refractivity contribution in [2.24, 2.45) is 5.92 Å². The number of sulfonamides is 1. The van der Waals surface area contributed by atoms with Gasteiger partial charge in [-0.3, -0.25) is 10.1 Å². The molecule has 1 aromatic rings. The number of rotatable bonds is 6. The van der Waals surface area contributed by atoms with E-state index >= 15 is 0 Å². The maximum atomic E-state index is 12.6. The first-order chi connectivity index (χ1) is 9.78. The van der Waals surface area contributed by atoms with Crippen LogP contribution in [0.5, 0.6) is 0 Å². The minimum absolute atomic E-state index is 0.0526. The van der Waals surface area contributed by atoms with Gasteiger partial charge in [0.25, 0.3) is 5.69 Å². The van der Waals surface area contributed by atoms with Gasteiger partial charge in [0, 0.05) is 26.2 Å². The van der Waals surface area contributed by atoms with Crippen molar-refractivity contribution >= 4 is 21.4 Å². The van der Waals surface area contributed by atoms with E-state index in [-0.39, 0.29) is 22.3 Å². The van der Waals surface area contributed by atoms with Gasteiger partial charge in [-0.25, -0.2) is 8.42 Å². The standard InChI is InChI=1S/C13H19N3O4S/c1-9(10-4-5-10)15(3)21(19,20)11-6-7-12(14-2)13(8-11)16(17)18/h6-10,14H,4-5H2,1-3H3. The number of anilines is 1. The summed E-state index contributed by atoms with van der Waals surface area (Å²) in [5.41, 5.74) is 0.0443. The average molecular weight is 313 g/mol. The van der Waals surface area contributed by atoms with Crippen molar-refractivity contribution in [3.05, 3.63) is 28.3 Å². The normalized spacial score (nSPS) is 16.8. The topological polar surface area (TPSA) is 92.6 Å². The molecule has 0 saturated heterocycles. The number of nitrogens with one attached hydrogen (secondary N) is 1. The summed E-state index contributed by atoms with van der Waals surface area (Å²) in [7, 11) is -0.646. The monoisotopic (exact) mass is 313 g/mol. The van der Waals surface area contributed by atoms with Gasteiger partial charge in [-0.15, -0.1) is 0 Å². The Labute approximate surface area is 124 Å². The number of nitro groups is 1. The van der Waals surface area contributed by atoms with Gasteiger partial charge in [-0.05, 0) is 37.8 Å². The highest BCUT2D eigenvalue weighted by atomic mass is 32.2. The number of nitrogens with zero attached hydrogens (tertiary/aromatic N) is 2. The highest BCUT2D eigenvalue weighted by Crippen LogP contribution is 2.37. The van der Waals surface area contributed by atoms with Gasteiger partial charge in [0.2, 0.25) is 10.0 Å². The SMILES string of the molecule is CNc1ccc(S(=O)(=O)N(C)C(C)C2CC2)cc1[N+](=O)[O-]. The Balaban J connectivity index is 2.40. The second-order valence-electron chi connectivity index (χ2n) is 5.29. The summed E-state index contributed by atoms with van der Waals surface area (Å²) in [6.45, 7) is 1.87. The summed E-state index contributed by atoms with van der Waals surface area (Å²) < 4.78 is 26.4. The van der Waals surface area contributed by atoms with E-state index in [0.717, 1.165) is 18.9 Å². The maximum Gasteiger partial charge on any atom is 0.293 e. The minimum Gasteiger partial charge on any atom is -0.383 e. The molecule has 8 heteroatoms. The lowest BCUT2D eigenvalue weighted by Gasteiger charge is -2.24. The van der Waals surface area contributed by atoms with Crippen molar-refractivity contribution < 1.29 is 13.3 Å². The van der Waals surface area contributed by atoms with Crippen LogP contribution in [-0.4, -0.2) is 37.8 Å². The predicted molar refractivity (Wildman–Crippen MR) is 79.8 cm³/mol. The summed E-state index contributed by atoms with van der Waals surface area (Å²) >= 11 is 0. The highest BCUT2D eigenvalue weighted by Gasteiger charge is 2.36. The molecule has 0 amide bonds. The third-order valence-corrected chi connectivity index (χ3v) is 5.93. The van der Waals surface area contributed by atoms with Crippen LogP contribution < -0.4 is 5.32 Å². The van der Waals surface area contributed by atoms with E-state index in [1.807, 2.05) is 6.92 Å². The molecule has 1 fully saturated rings. The number of nitro benzene ring substituents is 1. The van der Waals surface area contributed by atoms with Crippen LogP contribution in [0.4, 0.5) is 11.4 Å². The van der Waals surface area contributed by atoms with E-state index in [2.05, 4.69) is 5.32 Å². The molecule has 7 nitrogen and oxygen atoms in total. The van der Waals surface area contributed by atoms with Gasteiger partial charge in [0.15, 0.2) is 0 Å². The lowest BCUT2D eigenvalue weighted by atomic mass is 10.2. The van der Waals surface area contributed by atoms with Gasteiger partial charge in [-0.1, -0.05) is 0 Å². The van der Waals surface area contributed by atoms with Crippen LogP contribution in [0.3, 0.4) is 0 Å². The Kier molecular flexibility index (Phi) is 4.20. The number of hydrogen-bond acceptors (Lipinski definition) is 5. The number of hydrogen-bond donors (Lipinski definition) is 1. The van der Waals surface area contributed by atoms with Gasteiger partial charge in [-0.2, -0.15) is 4.31 Å². The molecule has 0 aliphatic heterocycles. The fourth-order valence-electron chi connectivity index (χ4n) is 2.30. The zero-order valence-electron chi connectivity index (χ0n) is 12.2. The smallest absolute Gasteiger partial charge is 0.293 e. The van der Waals surface area contributed by atoms with Crippen LogP contribution in [0, 0.1) is 16.0 Å². The zero-order valence-corrected chi connectivity index (χ0v) is 13.1. The summed E-state index contributed by atoms with van der Waals surface area (Å²) in [6.07, 6.45) is 2.06. The first-order valence-corrected chi connectivity index (χ1v) is 8.17. The summed E-state index contributed by atoms with van der Waals surface area (Å²) in [5, 5.41) is 13.7. The van der Waals surface area contributed by atoms with E-state index in [1.54, 1.807) is 7.05 Å². The highest BCUT2D eigenvalue weighted by molar-refractivity contribution is 7.89. The molecule has 0 aromatic heterocycles. The molecule has 1 N–H and O–H groups in total. The Morgan fingerprint density at radius 1 is 1.43 bits per heavy atom. The Morgan fingerprint density at radius 2 is 2.05 bits per heavy atom. The van der Waals surface area contributed by atoms with Gasteiger partial charge in [0.1, 0.15) is 5.69 Å². The second-order valence-corrected chi connectivity index (χ2v) is 7.28. The van der Waals surface area contributed by atoms with Crippen LogP contribution in [0.1, 0.15) is 19.8 Å². The summed E-state index contributed by atoms with van der Waals surface area (Å²) in [6, 6.07) is 3.82. The van der Waals surface area contributed by atoms with Crippen molar-refractivity contribution in [2.45, 2.75) is 30.7 Å². The molecule has 1 aliphatic rings. The average Bonchev–Trinajstić information content (AvgIpc) is 3.29. The van der Waals surface area contributed by atoms with Gasteiger partial charge >= 0.3 is 0 Å². The zero-order chi connectivity index (χ0) is 15.8. The quantitative estimate of drug-likeness (QED) is 0.641. The third-order valence-electron chi connectivity index (χ3n) is 3.99. The first-order valence-electron chi connectivity index (χ1n) is 6.73. The molecule has 1 aliphatic carbocycles. The molecule has 0 bridgehead atoms. The fourth-order valence-corrected chi connectivity index (χ4v) is 3.74. The molecule has 116 valence electrons. The van der Waals surface area contributed by atoms with Crippen LogP contribution in [-0.2, 0) is 10.0 Å². The largest absolute Gasteiger partial charge is 0.383 e. The van der Waals surface area contributed by atoms with E-state index in [1.165, 1.54) is 23.5 Å². The van der Waals surface area contributed by atoms with Crippen molar-refractivity contribution in [3.63, 3.8) is 0 Å². The van der Waals surface area contributed by atoms with Crippen molar-refractivity contribution in [1.29, 1.82) is 0 Å². The van der Waals surface area contributed by atoms with E-state index in [9.17, 15) is 18.5 Å². The molecule has 1 unspecified atom stereocenters. The molecule has 1 aromatic carbocycles. The molecular weight excluding hydrogens is 294 g/mol. The van der Waals surface area contributed by atoms with Gasteiger partial charge < -0.3 is 5.32 Å². The third kappa shape index (κ3) is 3.01. The molecular formula is C13H19N3O4S. The molecule has 2 rings (SSSR count). The Hall–Kier alpha value is -1.67.